The lowest BCUT2D eigenvalue weighted by molar-refractivity contribution is -0.138. The molecule has 0 unspecified atom stereocenters. The molecule has 0 aliphatic rings. The summed E-state index contributed by atoms with van der Waals surface area (Å²) in [6.45, 7) is 2.34. The van der Waals surface area contributed by atoms with Gasteiger partial charge in [-0.1, -0.05) is 36.4 Å². The van der Waals surface area contributed by atoms with Gasteiger partial charge in [0, 0.05) is 12.2 Å². The zero-order chi connectivity index (χ0) is 20.7. The molecule has 2 aromatic carbocycles. The number of hydrogen-bond donors (Lipinski definition) is 4. The lowest BCUT2D eigenvalue weighted by atomic mass is 9.99. The Morgan fingerprint density at radius 1 is 1.07 bits per heavy atom. The molecule has 28 heavy (non-hydrogen) atoms. The number of carbonyl (C=O) groups excluding carboxylic acids is 1. The third kappa shape index (κ3) is 6.67. The van der Waals surface area contributed by atoms with E-state index < -0.39 is 22.0 Å². The second-order valence-electron chi connectivity index (χ2n) is 6.25. The van der Waals surface area contributed by atoms with Crippen molar-refractivity contribution < 1.29 is 23.1 Å². The molecular formula is C19H23N3O5S. The Hall–Kier alpha value is -2.91. The lowest BCUT2D eigenvalue weighted by Crippen LogP contribution is -2.41. The van der Waals surface area contributed by atoms with Crippen molar-refractivity contribution in [2.24, 2.45) is 0 Å². The Morgan fingerprint density at radius 2 is 1.71 bits per heavy atom. The van der Waals surface area contributed by atoms with Crippen LogP contribution in [-0.4, -0.2) is 44.4 Å². The maximum Gasteiger partial charge on any atom is 0.322 e. The van der Waals surface area contributed by atoms with Crippen molar-refractivity contribution in [3.63, 3.8) is 0 Å². The number of benzene rings is 2. The molecule has 0 heterocycles. The molecular weight excluding hydrogens is 382 g/mol. The van der Waals surface area contributed by atoms with Crippen LogP contribution in [0.1, 0.15) is 12.5 Å². The van der Waals surface area contributed by atoms with Crippen LogP contribution in [0.2, 0.25) is 0 Å². The highest BCUT2D eigenvalue weighted by Crippen LogP contribution is 2.24. The van der Waals surface area contributed by atoms with Crippen molar-refractivity contribution in [3.8, 4) is 11.1 Å². The fraction of sp³-hybridized carbons (Fsp3) is 0.263. The van der Waals surface area contributed by atoms with Crippen molar-refractivity contribution >= 4 is 27.7 Å². The van der Waals surface area contributed by atoms with Gasteiger partial charge in [0.05, 0.1) is 6.26 Å². The molecule has 2 amide bonds. The molecule has 0 aliphatic carbocycles. The van der Waals surface area contributed by atoms with Crippen molar-refractivity contribution in [2.45, 2.75) is 19.4 Å². The Labute approximate surface area is 164 Å². The molecule has 0 aromatic heterocycles. The lowest BCUT2D eigenvalue weighted by Gasteiger charge is -2.14. The second-order valence-corrected chi connectivity index (χ2v) is 8.03. The van der Waals surface area contributed by atoms with Gasteiger partial charge in [-0.2, -0.15) is 0 Å². The summed E-state index contributed by atoms with van der Waals surface area (Å²) in [5, 5.41) is 14.7. The first-order valence-electron chi connectivity index (χ1n) is 8.62. The zero-order valence-electron chi connectivity index (χ0n) is 15.6. The first-order valence-corrected chi connectivity index (χ1v) is 10.5. The number of anilines is 1. The normalized spacial score (nSPS) is 12.2. The number of nitrogens with one attached hydrogen (secondary N) is 3. The van der Waals surface area contributed by atoms with Crippen LogP contribution >= 0.6 is 0 Å². The highest BCUT2D eigenvalue weighted by molar-refractivity contribution is 7.88. The number of amides is 2. The van der Waals surface area contributed by atoms with Crippen LogP contribution in [0, 0.1) is 0 Å². The summed E-state index contributed by atoms with van der Waals surface area (Å²) in [6, 6.07) is 12.8. The number of hydrogen-bond acceptors (Lipinski definition) is 4. The summed E-state index contributed by atoms with van der Waals surface area (Å²) < 4.78 is 24.9. The molecule has 9 heteroatoms. The minimum atomic E-state index is -3.65. The van der Waals surface area contributed by atoms with Crippen LogP contribution in [0.25, 0.3) is 11.1 Å². The van der Waals surface area contributed by atoms with E-state index in [1.54, 1.807) is 36.4 Å². The van der Waals surface area contributed by atoms with Gasteiger partial charge in [-0.25, -0.2) is 17.9 Å². The Morgan fingerprint density at radius 3 is 2.32 bits per heavy atom. The SMILES string of the molecule is CCNC(=O)Nc1cccc(-c2cccc(C[C@H](NS(C)(=O)=O)C(=O)O)c2)c1. The van der Waals surface area contributed by atoms with Gasteiger partial charge >= 0.3 is 12.0 Å². The van der Waals surface area contributed by atoms with E-state index in [0.717, 1.165) is 17.4 Å². The van der Waals surface area contributed by atoms with Crippen LogP contribution in [0.4, 0.5) is 10.5 Å². The Kier molecular flexibility index (Phi) is 7.13. The first kappa shape index (κ1) is 21.4. The number of rotatable bonds is 8. The fourth-order valence-corrected chi connectivity index (χ4v) is 3.36. The molecule has 150 valence electrons. The Balaban J connectivity index is 2.23. The topological polar surface area (TPSA) is 125 Å². The maximum atomic E-state index is 11.7. The van der Waals surface area contributed by atoms with Gasteiger partial charge < -0.3 is 15.7 Å². The third-order valence-electron chi connectivity index (χ3n) is 3.81. The molecule has 0 fully saturated rings. The van der Waals surface area contributed by atoms with E-state index in [1.165, 1.54) is 0 Å². The third-order valence-corrected chi connectivity index (χ3v) is 4.53. The predicted molar refractivity (Wildman–Crippen MR) is 108 cm³/mol. The number of urea groups is 1. The van der Waals surface area contributed by atoms with Gasteiger partial charge in [-0.15, -0.1) is 0 Å². The monoisotopic (exact) mass is 405 g/mol. The molecule has 8 nitrogen and oxygen atoms in total. The number of carboxylic acids is 1. The second kappa shape index (κ2) is 9.34. The highest BCUT2D eigenvalue weighted by atomic mass is 32.2. The van der Waals surface area contributed by atoms with E-state index in [1.807, 2.05) is 19.1 Å². The van der Waals surface area contributed by atoms with Gasteiger partial charge in [0.1, 0.15) is 6.04 Å². The number of carboxylic acid groups (broad SMARTS) is 1. The molecule has 0 aliphatic heterocycles. The number of sulfonamides is 1. The van der Waals surface area contributed by atoms with Gasteiger partial charge in [0.2, 0.25) is 10.0 Å². The van der Waals surface area contributed by atoms with E-state index in [0.29, 0.717) is 17.8 Å². The van der Waals surface area contributed by atoms with Gasteiger partial charge in [0.25, 0.3) is 0 Å². The largest absolute Gasteiger partial charge is 0.480 e. The van der Waals surface area contributed by atoms with Crippen LogP contribution in [0.3, 0.4) is 0 Å². The van der Waals surface area contributed by atoms with Crippen LogP contribution in [-0.2, 0) is 21.2 Å². The molecule has 0 saturated carbocycles. The smallest absolute Gasteiger partial charge is 0.322 e. The molecule has 2 rings (SSSR count). The van der Waals surface area contributed by atoms with Crippen LogP contribution in [0.5, 0.6) is 0 Å². The standard InChI is InChI=1S/C19H23N3O5S/c1-3-20-19(25)21-16-9-5-8-15(12-16)14-7-4-6-13(10-14)11-17(18(23)24)22-28(2,26)27/h4-10,12,17,22H,3,11H2,1-2H3,(H,23,24)(H2,20,21,25)/t17-/m0/s1. The summed E-state index contributed by atoms with van der Waals surface area (Å²) in [6.07, 6.45) is 0.930. The maximum absolute atomic E-state index is 11.7. The summed E-state index contributed by atoms with van der Waals surface area (Å²) >= 11 is 0. The molecule has 0 spiro atoms. The summed E-state index contributed by atoms with van der Waals surface area (Å²) in [4.78, 5) is 23.0. The molecule has 0 radical (unpaired) electrons. The minimum absolute atomic E-state index is 0.00703. The van der Waals surface area contributed by atoms with Gasteiger partial charge in [-0.05, 0) is 42.2 Å². The van der Waals surface area contributed by atoms with Gasteiger partial charge in [-0.3, -0.25) is 4.79 Å². The summed E-state index contributed by atoms with van der Waals surface area (Å²) in [5.74, 6) is -1.25. The quantitative estimate of drug-likeness (QED) is 0.535. The first-order chi connectivity index (χ1) is 13.2. The average Bonchev–Trinajstić information content (AvgIpc) is 2.60. The molecule has 4 N–H and O–H groups in total. The van der Waals surface area contributed by atoms with E-state index in [-0.39, 0.29) is 12.5 Å². The highest BCUT2D eigenvalue weighted by Gasteiger charge is 2.21. The number of carbonyl (C=O) groups is 2. The van der Waals surface area contributed by atoms with Crippen LogP contribution < -0.4 is 15.4 Å². The van der Waals surface area contributed by atoms with Crippen molar-refractivity contribution in [1.82, 2.24) is 10.0 Å². The Bertz CT molecular complexity index is 960. The summed E-state index contributed by atoms with van der Waals surface area (Å²) in [5.41, 5.74) is 2.94. The van der Waals surface area contributed by atoms with Crippen molar-refractivity contribution in [3.05, 3.63) is 54.1 Å². The minimum Gasteiger partial charge on any atom is -0.480 e. The predicted octanol–water partition coefficient (Wildman–Crippen LogP) is 2.04. The van der Waals surface area contributed by atoms with E-state index in [9.17, 15) is 23.1 Å². The fourth-order valence-electron chi connectivity index (χ4n) is 2.66. The molecule has 1 atom stereocenters. The average molecular weight is 405 g/mol. The zero-order valence-corrected chi connectivity index (χ0v) is 16.4. The van der Waals surface area contributed by atoms with E-state index in [4.69, 9.17) is 0 Å². The number of aliphatic carboxylic acids is 1. The van der Waals surface area contributed by atoms with E-state index >= 15 is 0 Å². The molecule has 0 bridgehead atoms. The van der Waals surface area contributed by atoms with E-state index in [2.05, 4.69) is 15.4 Å². The van der Waals surface area contributed by atoms with Gasteiger partial charge in [0.15, 0.2) is 0 Å². The van der Waals surface area contributed by atoms with Crippen LogP contribution in [0.15, 0.2) is 48.5 Å². The summed E-state index contributed by atoms with van der Waals surface area (Å²) in [7, 11) is -3.65. The molecule has 2 aromatic rings. The molecule has 0 saturated heterocycles. The van der Waals surface area contributed by atoms with Crippen molar-refractivity contribution in [1.29, 1.82) is 0 Å². The van der Waals surface area contributed by atoms with Crippen molar-refractivity contribution in [2.75, 3.05) is 18.1 Å².